The van der Waals surface area contributed by atoms with E-state index in [4.69, 9.17) is 0 Å². The molecule has 1 aliphatic heterocycles. The molecule has 4 heteroatoms. The lowest BCUT2D eigenvalue weighted by atomic mass is 9.97. The fourth-order valence-electron chi connectivity index (χ4n) is 2.72. The third-order valence-corrected chi connectivity index (χ3v) is 3.75. The molecule has 2 N–H and O–H groups in total. The maximum absolute atomic E-state index is 13.9. The zero-order valence-corrected chi connectivity index (χ0v) is 10.8. The van der Waals surface area contributed by atoms with Crippen molar-refractivity contribution in [3.63, 3.8) is 0 Å². The molecule has 1 fully saturated rings. The molecule has 1 saturated heterocycles. The molecule has 100 valence electrons. The molecule has 1 atom stereocenters. The van der Waals surface area contributed by atoms with Gasteiger partial charge >= 0.3 is 0 Å². The van der Waals surface area contributed by atoms with Crippen molar-refractivity contribution in [3.8, 4) is 11.1 Å². The quantitative estimate of drug-likeness (QED) is 0.889. The number of halogens is 1. The first-order chi connectivity index (χ1) is 9.34. The molecule has 0 aliphatic carbocycles. The topological polar surface area (TPSA) is 40.7 Å². The first-order valence-electron chi connectivity index (χ1n) is 6.85. The zero-order chi connectivity index (χ0) is 13.1. The zero-order valence-electron chi connectivity index (χ0n) is 10.8. The minimum Gasteiger partial charge on any atom is -0.314 e. The second-order valence-electron chi connectivity index (χ2n) is 5.09. The van der Waals surface area contributed by atoms with E-state index in [0.717, 1.165) is 24.2 Å². The standard InChI is InChI=1S/C15H18FN3/c16-14-7-2-1-6-12(14)13-10-18-19-15(13)9-11-5-3-4-8-17-11/h1-2,6-7,10-11,17H,3-5,8-9H2,(H,18,19). The molecular formula is C15H18FN3. The van der Waals surface area contributed by atoms with Gasteiger partial charge in [0.25, 0.3) is 0 Å². The Morgan fingerprint density at radius 2 is 2.11 bits per heavy atom. The van der Waals surface area contributed by atoms with Crippen LogP contribution >= 0.6 is 0 Å². The largest absolute Gasteiger partial charge is 0.314 e. The van der Waals surface area contributed by atoms with Gasteiger partial charge in [0.2, 0.25) is 0 Å². The van der Waals surface area contributed by atoms with Crippen LogP contribution in [-0.4, -0.2) is 22.8 Å². The average Bonchev–Trinajstić information content (AvgIpc) is 2.88. The lowest BCUT2D eigenvalue weighted by Gasteiger charge is -2.23. The van der Waals surface area contributed by atoms with Crippen molar-refractivity contribution in [3.05, 3.63) is 42.0 Å². The van der Waals surface area contributed by atoms with E-state index >= 15 is 0 Å². The number of piperidine rings is 1. The first kappa shape index (κ1) is 12.4. The number of hydrogen-bond donors (Lipinski definition) is 2. The van der Waals surface area contributed by atoms with Crippen molar-refractivity contribution < 1.29 is 4.39 Å². The van der Waals surface area contributed by atoms with Crippen LogP contribution in [-0.2, 0) is 6.42 Å². The number of nitrogens with zero attached hydrogens (tertiary/aromatic N) is 1. The smallest absolute Gasteiger partial charge is 0.131 e. The Bertz CT molecular complexity index is 544. The summed E-state index contributed by atoms with van der Waals surface area (Å²) in [7, 11) is 0. The summed E-state index contributed by atoms with van der Waals surface area (Å²) < 4.78 is 13.9. The SMILES string of the molecule is Fc1ccccc1-c1cn[nH]c1CC1CCCCN1. The van der Waals surface area contributed by atoms with Gasteiger partial charge in [-0.2, -0.15) is 5.10 Å². The molecule has 0 saturated carbocycles. The van der Waals surface area contributed by atoms with Crippen LogP contribution in [0.1, 0.15) is 25.0 Å². The van der Waals surface area contributed by atoms with Gasteiger partial charge in [0.05, 0.1) is 6.20 Å². The Balaban J connectivity index is 1.84. The Morgan fingerprint density at radius 1 is 1.21 bits per heavy atom. The van der Waals surface area contributed by atoms with Gasteiger partial charge in [-0.05, 0) is 25.5 Å². The molecule has 0 bridgehead atoms. The second-order valence-corrected chi connectivity index (χ2v) is 5.09. The van der Waals surface area contributed by atoms with Gasteiger partial charge in [-0.25, -0.2) is 4.39 Å². The highest BCUT2D eigenvalue weighted by Gasteiger charge is 2.17. The van der Waals surface area contributed by atoms with Crippen LogP contribution < -0.4 is 5.32 Å². The van der Waals surface area contributed by atoms with E-state index in [1.54, 1.807) is 18.3 Å². The van der Waals surface area contributed by atoms with Crippen LogP contribution in [0.4, 0.5) is 4.39 Å². The highest BCUT2D eigenvalue weighted by molar-refractivity contribution is 5.65. The summed E-state index contributed by atoms with van der Waals surface area (Å²) >= 11 is 0. The molecule has 3 nitrogen and oxygen atoms in total. The van der Waals surface area contributed by atoms with E-state index in [1.807, 2.05) is 6.07 Å². The van der Waals surface area contributed by atoms with Crippen LogP contribution in [0.5, 0.6) is 0 Å². The highest BCUT2D eigenvalue weighted by atomic mass is 19.1. The van der Waals surface area contributed by atoms with Crippen LogP contribution in [0.15, 0.2) is 30.5 Å². The summed E-state index contributed by atoms with van der Waals surface area (Å²) in [5.74, 6) is -0.193. The van der Waals surface area contributed by atoms with E-state index in [9.17, 15) is 4.39 Å². The monoisotopic (exact) mass is 259 g/mol. The van der Waals surface area contributed by atoms with Crippen molar-refractivity contribution in [2.24, 2.45) is 0 Å². The fourth-order valence-corrected chi connectivity index (χ4v) is 2.72. The van der Waals surface area contributed by atoms with Gasteiger partial charge in [0.1, 0.15) is 5.82 Å². The number of aromatic amines is 1. The van der Waals surface area contributed by atoms with Gasteiger partial charge in [-0.3, -0.25) is 5.10 Å². The van der Waals surface area contributed by atoms with Gasteiger partial charge in [0.15, 0.2) is 0 Å². The molecule has 1 aromatic carbocycles. The third-order valence-electron chi connectivity index (χ3n) is 3.75. The Hall–Kier alpha value is -1.68. The number of H-pyrrole nitrogens is 1. The maximum atomic E-state index is 13.9. The molecule has 1 unspecified atom stereocenters. The minimum atomic E-state index is -0.193. The first-order valence-corrected chi connectivity index (χ1v) is 6.85. The number of nitrogens with one attached hydrogen (secondary N) is 2. The van der Waals surface area contributed by atoms with E-state index in [2.05, 4.69) is 15.5 Å². The lowest BCUT2D eigenvalue weighted by Crippen LogP contribution is -2.35. The third kappa shape index (κ3) is 2.68. The molecular weight excluding hydrogens is 241 g/mol. The molecule has 19 heavy (non-hydrogen) atoms. The van der Waals surface area contributed by atoms with Crippen LogP contribution in [0.2, 0.25) is 0 Å². The van der Waals surface area contributed by atoms with Gasteiger partial charge in [-0.15, -0.1) is 0 Å². The maximum Gasteiger partial charge on any atom is 0.131 e. The summed E-state index contributed by atoms with van der Waals surface area (Å²) in [4.78, 5) is 0. The molecule has 1 aliphatic rings. The lowest BCUT2D eigenvalue weighted by molar-refractivity contribution is 0.397. The van der Waals surface area contributed by atoms with Crippen molar-refractivity contribution >= 4 is 0 Å². The minimum absolute atomic E-state index is 0.193. The van der Waals surface area contributed by atoms with E-state index in [0.29, 0.717) is 11.6 Å². The summed E-state index contributed by atoms with van der Waals surface area (Å²) in [6, 6.07) is 7.33. The molecule has 2 heterocycles. The molecule has 0 radical (unpaired) electrons. The van der Waals surface area contributed by atoms with Crippen molar-refractivity contribution in [1.82, 2.24) is 15.5 Å². The normalized spacial score (nSPS) is 19.5. The van der Waals surface area contributed by atoms with Crippen molar-refractivity contribution in [2.45, 2.75) is 31.7 Å². The van der Waals surface area contributed by atoms with Crippen LogP contribution in [0.25, 0.3) is 11.1 Å². The molecule has 2 aromatic rings. The summed E-state index contributed by atoms with van der Waals surface area (Å²) in [5, 5.41) is 10.6. The van der Waals surface area contributed by atoms with Crippen LogP contribution in [0, 0.1) is 5.82 Å². The average molecular weight is 259 g/mol. The van der Waals surface area contributed by atoms with Crippen LogP contribution in [0.3, 0.4) is 0 Å². The molecule has 0 spiro atoms. The molecule has 0 amide bonds. The molecule has 1 aromatic heterocycles. The Morgan fingerprint density at radius 3 is 2.89 bits per heavy atom. The Kier molecular flexibility index (Phi) is 3.60. The summed E-state index contributed by atoms with van der Waals surface area (Å²) in [6.07, 6.45) is 6.29. The van der Waals surface area contributed by atoms with Crippen molar-refractivity contribution in [2.75, 3.05) is 6.54 Å². The fraction of sp³-hybridized carbons (Fsp3) is 0.400. The predicted octanol–water partition coefficient (Wildman–Crippen LogP) is 2.90. The predicted molar refractivity (Wildman–Crippen MR) is 73.3 cm³/mol. The summed E-state index contributed by atoms with van der Waals surface area (Å²) in [5.41, 5.74) is 2.53. The van der Waals surface area contributed by atoms with E-state index in [-0.39, 0.29) is 5.82 Å². The van der Waals surface area contributed by atoms with E-state index < -0.39 is 0 Å². The number of benzene rings is 1. The number of rotatable bonds is 3. The summed E-state index contributed by atoms with van der Waals surface area (Å²) in [6.45, 7) is 1.08. The highest BCUT2D eigenvalue weighted by Crippen LogP contribution is 2.26. The van der Waals surface area contributed by atoms with Gasteiger partial charge in [-0.1, -0.05) is 24.6 Å². The van der Waals surface area contributed by atoms with Gasteiger partial charge in [0, 0.05) is 29.3 Å². The second kappa shape index (κ2) is 5.53. The number of hydrogen-bond acceptors (Lipinski definition) is 2. The van der Waals surface area contributed by atoms with Crippen molar-refractivity contribution in [1.29, 1.82) is 0 Å². The number of aromatic nitrogens is 2. The molecule has 3 rings (SSSR count). The van der Waals surface area contributed by atoms with E-state index in [1.165, 1.54) is 25.3 Å². The Labute approximate surface area is 112 Å². The van der Waals surface area contributed by atoms with Gasteiger partial charge < -0.3 is 5.32 Å².